The van der Waals surface area contributed by atoms with Crippen molar-refractivity contribution < 1.29 is 9.26 Å². The van der Waals surface area contributed by atoms with E-state index < -0.39 is 0 Å². The van der Waals surface area contributed by atoms with Crippen LogP contribution in [0.1, 0.15) is 17.3 Å². The number of hydrogen-bond acceptors (Lipinski definition) is 6. The molecular formula is C14H16N4O2. The number of aromatic nitrogens is 2. The molecule has 0 amide bonds. The van der Waals surface area contributed by atoms with Crippen LogP contribution in [-0.2, 0) is 13.0 Å². The first kappa shape index (κ1) is 14.0. The minimum absolute atomic E-state index is 0.0629. The monoisotopic (exact) mass is 272 g/mol. The van der Waals surface area contributed by atoms with Crippen molar-refractivity contribution >= 4 is 0 Å². The van der Waals surface area contributed by atoms with Crippen LogP contribution in [0, 0.1) is 18.3 Å². The fourth-order valence-corrected chi connectivity index (χ4v) is 1.73. The van der Waals surface area contributed by atoms with Crippen molar-refractivity contribution in [2.24, 2.45) is 0 Å². The standard InChI is InChI=1S/C14H16N4O2/c1-11-17-14(20-18-11)5-7-16-10-12-3-2-4-13(9-12)19-8-6-15/h2-4,9,16H,5,7-8,10H2,1H3. The van der Waals surface area contributed by atoms with Crippen molar-refractivity contribution in [1.29, 1.82) is 5.26 Å². The van der Waals surface area contributed by atoms with Gasteiger partial charge in [-0.3, -0.25) is 0 Å². The Morgan fingerprint density at radius 1 is 1.45 bits per heavy atom. The van der Waals surface area contributed by atoms with Crippen LogP contribution in [0.15, 0.2) is 28.8 Å². The molecule has 0 aliphatic carbocycles. The van der Waals surface area contributed by atoms with E-state index >= 15 is 0 Å². The Labute approximate surface area is 117 Å². The molecule has 1 aromatic carbocycles. The Bertz CT molecular complexity index is 589. The Hall–Kier alpha value is -2.39. The normalized spacial score (nSPS) is 10.2. The molecule has 0 bridgehead atoms. The zero-order valence-corrected chi connectivity index (χ0v) is 11.3. The zero-order chi connectivity index (χ0) is 14.2. The molecular weight excluding hydrogens is 256 g/mol. The second-order valence-electron chi connectivity index (χ2n) is 4.26. The van der Waals surface area contributed by atoms with Crippen molar-refractivity contribution in [3.63, 3.8) is 0 Å². The lowest BCUT2D eigenvalue weighted by Crippen LogP contribution is -2.16. The number of benzene rings is 1. The van der Waals surface area contributed by atoms with Crippen molar-refractivity contribution in [2.75, 3.05) is 13.2 Å². The highest BCUT2D eigenvalue weighted by atomic mass is 16.5. The smallest absolute Gasteiger partial charge is 0.227 e. The molecule has 0 unspecified atom stereocenters. The maximum absolute atomic E-state index is 8.47. The average Bonchev–Trinajstić information content (AvgIpc) is 2.87. The third kappa shape index (κ3) is 4.37. The van der Waals surface area contributed by atoms with E-state index in [1.807, 2.05) is 30.3 Å². The quantitative estimate of drug-likeness (QED) is 0.771. The average molecular weight is 272 g/mol. The van der Waals surface area contributed by atoms with Gasteiger partial charge >= 0.3 is 0 Å². The van der Waals surface area contributed by atoms with E-state index in [0.29, 0.717) is 23.9 Å². The molecule has 1 aromatic heterocycles. The summed E-state index contributed by atoms with van der Waals surface area (Å²) >= 11 is 0. The maximum atomic E-state index is 8.47. The number of aryl methyl sites for hydroxylation is 1. The lowest BCUT2D eigenvalue weighted by molar-refractivity contribution is 0.367. The van der Waals surface area contributed by atoms with Gasteiger partial charge in [0.2, 0.25) is 5.89 Å². The highest BCUT2D eigenvalue weighted by Gasteiger charge is 2.02. The molecule has 6 nitrogen and oxygen atoms in total. The van der Waals surface area contributed by atoms with E-state index in [1.54, 1.807) is 6.92 Å². The van der Waals surface area contributed by atoms with Gasteiger partial charge in [0.1, 0.15) is 11.8 Å². The summed E-state index contributed by atoms with van der Waals surface area (Å²) in [7, 11) is 0. The summed E-state index contributed by atoms with van der Waals surface area (Å²) in [5.74, 6) is 2.00. The molecule has 20 heavy (non-hydrogen) atoms. The second kappa shape index (κ2) is 7.26. The summed E-state index contributed by atoms with van der Waals surface area (Å²) in [6.45, 7) is 3.34. The predicted molar refractivity (Wildman–Crippen MR) is 72.0 cm³/mol. The molecule has 0 radical (unpaired) electrons. The number of ether oxygens (including phenoxy) is 1. The Morgan fingerprint density at radius 3 is 3.10 bits per heavy atom. The van der Waals surface area contributed by atoms with E-state index in [4.69, 9.17) is 14.5 Å². The van der Waals surface area contributed by atoms with Gasteiger partial charge in [0, 0.05) is 19.5 Å². The summed E-state index contributed by atoms with van der Waals surface area (Å²) in [6, 6.07) is 9.61. The summed E-state index contributed by atoms with van der Waals surface area (Å²) in [5, 5.41) is 15.5. The van der Waals surface area contributed by atoms with Crippen LogP contribution in [0.5, 0.6) is 5.75 Å². The largest absolute Gasteiger partial charge is 0.479 e. The lowest BCUT2D eigenvalue weighted by Gasteiger charge is -2.06. The number of nitriles is 1. The van der Waals surface area contributed by atoms with Gasteiger partial charge in [0.05, 0.1) is 0 Å². The van der Waals surface area contributed by atoms with Crippen LogP contribution in [-0.4, -0.2) is 23.3 Å². The predicted octanol–water partition coefficient (Wildman–Crippen LogP) is 1.61. The molecule has 2 aromatic rings. The van der Waals surface area contributed by atoms with Gasteiger partial charge in [0.15, 0.2) is 12.4 Å². The summed E-state index contributed by atoms with van der Waals surface area (Å²) in [5.41, 5.74) is 1.10. The third-order valence-electron chi connectivity index (χ3n) is 2.62. The van der Waals surface area contributed by atoms with Gasteiger partial charge in [-0.1, -0.05) is 17.3 Å². The van der Waals surface area contributed by atoms with Crippen molar-refractivity contribution in [3.05, 3.63) is 41.5 Å². The van der Waals surface area contributed by atoms with Crippen LogP contribution in [0.4, 0.5) is 0 Å². The number of nitrogens with one attached hydrogen (secondary N) is 1. The highest BCUT2D eigenvalue weighted by Crippen LogP contribution is 2.12. The van der Waals surface area contributed by atoms with Crippen LogP contribution in [0.25, 0.3) is 0 Å². The van der Waals surface area contributed by atoms with Gasteiger partial charge in [-0.25, -0.2) is 0 Å². The molecule has 0 atom stereocenters. The molecule has 0 fully saturated rings. The fourth-order valence-electron chi connectivity index (χ4n) is 1.73. The molecule has 0 saturated heterocycles. The van der Waals surface area contributed by atoms with Crippen LogP contribution in [0.2, 0.25) is 0 Å². The van der Waals surface area contributed by atoms with Crippen LogP contribution < -0.4 is 10.1 Å². The van der Waals surface area contributed by atoms with Gasteiger partial charge in [-0.2, -0.15) is 10.2 Å². The molecule has 0 aliphatic heterocycles. The maximum Gasteiger partial charge on any atom is 0.227 e. The molecule has 6 heteroatoms. The van der Waals surface area contributed by atoms with Gasteiger partial charge in [-0.05, 0) is 24.6 Å². The molecule has 0 saturated carbocycles. The Morgan fingerprint density at radius 2 is 2.35 bits per heavy atom. The molecule has 0 spiro atoms. The Kier molecular flexibility index (Phi) is 5.09. The fraction of sp³-hybridized carbons (Fsp3) is 0.357. The van der Waals surface area contributed by atoms with Crippen LogP contribution >= 0.6 is 0 Å². The number of rotatable bonds is 7. The van der Waals surface area contributed by atoms with E-state index in [1.165, 1.54) is 0 Å². The van der Waals surface area contributed by atoms with Gasteiger partial charge < -0.3 is 14.6 Å². The van der Waals surface area contributed by atoms with Gasteiger partial charge in [-0.15, -0.1) is 0 Å². The molecule has 2 rings (SSSR count). The zero-order valence-electron chi connectivity index (χ0n) is 11.3. The molecule has 1 N–H and O–H groups in total. The van der Waals surface area contributed by atoms with Gasteiger partial charge in [0.25, 0.3) is 0 Å². The van der Waals surface area contributed by atoms with Crippen molar-refractivity contribution in [3.8, 4) is 11.8 Å². The van der Waals surface area contributed by atoms with E-state index in [0.717, 1.165) is 18.7 Å². The minimum Gasteiger partial charge on any atom is -0.479 e. The number of hydrogen-bond donors (Lipinski definition) is 1. The number of nitrogens with zero attached hydrogens (tertiary/aromatic N) is 3. The summed E-state index contributed by atoms with van der Waals surface area (Å²) in [4.78, 5) is 4.13. The first-order valence-electron chi connectivity index (χ1n) is 6.36. The Balaban J connectivity index is 1.75. The SMILES string of the molecule is Cc1noc(CCNCc2cccc(OCC#N)c2)n1. The molecule has 1 heterocycles. The van der Waals surface area contributed by atoms with Crippen molar-refractivity contribution in [2.45, 2.75) is 19.9 Å². The van der Waals surface area contributed by atoms with E-state index in [9.17, 15) is 0 Å². The minimum atomic E-state index is 0.0629. The highest BCUT2D eigenvalue weighted by molar-refractivity contribution is 5.28. The van der Waals surface area contributed by atoms with E-state index in [-0.39, 0.29) is 6.61 Å². The van der Waals surface area contributed by atoms with E-state index in [2.05, 4.69) is 15.5 Å². The summed E-state index contributed by atoms with van der Waals surface area (Å²) in [6.07, 6.45) is 0.700. The molecule has 104 valence electrons. The first-order chi connectivity index (χ1) is 9.78. The van der Waals surface area contributed by atoms with Crippen molar-refractivity contribution in [1.82, 2.24) is 15.5 Å². The topological polar surface area (TPSA) is 84.0 Å². The first-order valence-corrected chi connectivity index (χ1v) is 6.36. The third-order valence-corrected chi connectivity index (χ3v) is 2.62. The lowest BCUT2D eigenvalue weighted by atomic mass is 10.2. The molecule has 0 aliphatic rings. The summed E-state index contributed by atoms with van der Waals surface area (Å²) < 4.78 is 10.3. The second-order valence-corrected chi connectivity index (χ2v) is 4.26. The van der Waals surface area contributed by atoms with Crippen LogP contribution in [0.3, 0.4) is 0 Å².